The van der Waals surface area contributed by atoms with Crippen LogP contribution in [-0.4, -0.2) is 55.1 Å². The lowest BCUT2D eigenvalue weighted by molar-refractivity contribution is -0.376. The zero-order chi connectivity index (χ0) is 29.6. The summed E-state index contributed by atoms with van der Waals surface area (Å²) in [5.74, 6) is -1.44. The van der Waals surface area contributed by atoms with Gasteiger partial charge in [0.2, 0.25) is 5.91 Å². The average Bonchev–Trinajstić information content (AvgIpc) is 2.80. The minimum absolute atomic E-state index is 0.184. The van der Waals surface area contributed by atoms with Crippen molar-refractivity contribution in [2.75, 3.05) is 10.8 Å². The molecule has 2 aromatic rings. The minimum Gasteiger partial charge on any atom is -0.389 e. The van der Waals surface area contributed by atoms with Crippen molar-refractivity contribution in [2.24, 2.45) is 0 Å². The number of alkyl halides is 6. The third kappa shape index (κ3) is 6.14. The highest BCUT2D eigenvalue weighted by Crippen LogP contribution is 2.51. The van der Waals surface area contributed by atoms with Gasteiger partial charge in [-0.3, -0.25) is 9.10 Å². The third-order valence-electron chi connectivity index (χ3n) is 6.14. The number of carbonyl (C=O) groups excluding carboxylic acids is 1. The van der Waals surface area contributed by atoms with Crippen LogP contribution in [0.1, 0.15) is 37.8 Å². The summed E-state index contributed by atoms with van der Waals surface area (Å²) in [7, 11) is -4.61. The zero-order valence-corrected chi connectivity index (χ0v) is 21.4. The predicted octanol–water partition coefficient (Wildman–Crippen LogP) is 3.93. The predicted molar refractivity (Wildman–Crippen MR) is 125 cm³/mol. The van der Waals surface area contributed by atoms with Gasteiger partial charge in [0.15, 0.2) is 0 Å². The van der Waals surface area contributed by atoms with Crippen molar-refractivity contribution in [1.29, 1.82) is 0 Å². The van der Waals surface area contributed by atoms with E-state index in [1.807, 2.05) is 0 Å². The Hall–Kier alpha value is -2.91. The number of nitrogens with one attached hydrogen (secondary N) is 1. The lowest BCUT2D eigenvalue weighted by Gasteiger charge is -2.39. The maximum absolute atomic E-state index is 13.6. The van der Waals surface area contributed by atoms with Crippen LogP contribution in [0.25, 0.3) is 0 Å². The van der Waals surface area contributed by atoms with E-state index in [4.69, 9.17) is 0 Å². The number of sulfonamides is 1. The number of rotatable bonds is 7. The van der Waals surface area contributed by atoms with E-state index in [9.17, 15) is 54.2 Å². The smallest absolute Gasteiger partial charge is 0.389 e. The molecule has 0 aliphatic carbocycles. The molecule has 3 rings (SSSR count). The van der Waals surface area contributed by atoms with E-state index < -0.39 is 68.2 Å². The Kier molecular flexibility index (Phi) is 8.05. The molecule has 1 atom stereocenters. The van der Waals surface area contributed by atoms with Crippen molar-refractivity contribution in [2.45, 2.75) is 67.6 Å². The van der Waals surface area contributed by atoms with Crippen LogP contribution in [0.3, 0.4) is 0 Å². The first-order chi connectivity index (χ1) is 17.7. The Labute approximate surface area is 219 Å². The van der Waals surface area contributed by atoms with Crippen LogP contribution in [-0.2, 0) is 26.8 Å². The highest BCUT2D eigenvalue weighted by molar-refractivity contribution is 7.92. The van der Waals surface area contributed by atoms with Crippen molar-refractivity contribution in [1.82, 2.24) is 5.32 Å². The summed E-state index contributed by atoms with van der Waals surface area (Å²) in [4.78, 5) is 12.1. The maximum Gasteiger partial charge on any atom is 0.430 e. The molecular formula is C24H25F7N2O5S. The maximum atomic E-state index is 13.6. The number of aliphatic hydroxyl groups is 2. The van der Waals surface area contributed by atoms with Gasteiger partial charge in [-0.1, -0.05) is 12.1 Å². The lowest BCUT2D eigenvalue weighted by atomic mass is 9.87. The van der Waals surface area contributed by atoms with E-state index in [2.05, 4.69) is 5.32 Å². The first-order valence-electron chi connectivity index (χ1n) is 11.5. The Morgan fingerprint density at radius 2 is 1.56 bits per heavy atom. The normalized spacial score (nSPS) is 17.1. The summed E-state index contributed by atoms with van der Waals surface area (Å²) in [5, 5.41) is 22.1. The monoisotopic (exact) mass is 586 g/mol. The molecule has 0 saturated heterocycles. The number of hydrogen-bond acceptors (Lipinski definition) is 5. The van der Waals surface area contributed by atoms with Crippen LogP contribution in [0.5, 0.6) is 0 Å². The number of aryl methyl sites for hydroxylation is 1. The Bertz CT molecular complexity index is 1310. The second-order valence-corrected chi connectivity index (χ2v) is 11.6. The van der Waals surface area contributed by atoms with Gasteiger partial charge in [-0.2, -0.15) is 26.3 Å². The van der Waals surface area contributed by atoms with E-state index in [-0.39, 0.29) is 30.6 Å². The van der Waals surface area contributed by atoms with Gasteiger partial charge in [-0.25, -0.2) is 12.8 Å². The number of hydrogen-bond donors (Lipinski definition) is 3. The molecule has 1 aliphatic rings. The van der Waals surface area contributed by atoms with Gasteiger partial charge in [0.1, 0.15) is 5.82 Å². The number of fused-ring (bicyclic) bond motifs is 1. The summed E-state index contributed by atoms with van der Waals surface area (Å²) < 4.78 is 122. The van der Waals surface area contributed by atoms with E-state index in [0.717, 1.165) is 24.3 Å². The second-order valence-electron chi connectivity index (χ2n) is 9.79. The van der Waals surface area contributed by atoms with Crippen LogP contribution >= 0.6 is 0 Å². The third-order valence-corrected chi connectivity index (χ3v) is 8.02. The molecule has 1 aliphatic heterocycles. The standard InChI is InChI=1S/C24H25F7N2O5S/c1-21(2,35)13-32-20(34)12-17-7-3-14-11-15(22(36,23(26,27)28)24(29,30)31)4-10-19(14)33(17)39(37,38)18-8-5-16(25)6-9-18/h4-6,8-11,17,35-36H,3,7,12-13H2,1-2H3,(H,32,34)/t17-/m1/s1. The molecular weight excluding hydrogens is 561 g/mol. The van der Waals surface area contributed by atoms with Gasteiger partial charge in [-0.05, 0) is 62.6 Å². The number of carbonyl (C=O) groups is 1. The van der Waals surface area contributed by atoms with Crippen molar-refractivity contribution < 1.29 is 54.2 Å². The Morgan fingerprint density at radius 3 is 2.08 bits per heavy atom. The van der Waals surface area contributed by atoms with E-state index >= 15 is 0 Å². The van der Waals surface area contributed by atoms with Crippen LogP contribution < -0.4 is 9.62 Å². The van der Waals surface area contributed by atoms with Crippen molar-refractivity contribution in [3.63, 3.8) is 0 Å². The molecule has 7 nitrogen and oxygen atoms in total. The van der Waals surface area contributed by atoms with Gasteiger partial charge in [0.25, 0.3) is 15.6 Å². The molecule has 39 heavy (non-hydrogen) atoms. The van der Waals surface area contributed by atoms with E-state index in [1.165, 1.54) is 13.8 Å². The fourth-order valence-electron chi connectivity index (χ4n) is 4.18. The summed E-state index contributed by atoms with van der Waals surface area (Å²) in [6.45, 7) is 2.64. The van der Waals surface area contributed by atoms with Crippen LogP contribution in [0.2, 0.25) is 0 Å². The number of benzene rings is 2. The quantitative estimate of drug-likeness (QED) is 0.427. The zero-order valence-electron chi connectivity index (χ0n) is 20.6. The molecule has 0 spiro atoms. The summed E-state index contributed by atoms with van der Waals surface area (Å²) in [6, 6.07) is 3.86. The van der Waals surface area contributed by atoms with E-state index in [1.54, 1.807) is 0 Å². The highest BCUT2D eigenvalue weighted by Gasteiger charge is 2.71. The number of anilines is 1. The summed E-state index contributed by atoms with van der Waals surface area (Å²) in [6.07, 6.45) is -13.2. The lowest BCUT2D eigenvalue weighted by Crippen LogP contribution is -2.54. The molecule has 0 saturated carbocycles. The molecule has 1 heterocycles. The van der Waals surface area contributed by atoms with Crippen LogP contribution in [0.15, 0.2) is 47.4 Å². The average molecular weight is 587 g/mol. The molecule has 3 N–H and O–H groups in total. The molecule has 15 heteroatoms. The SMILES string of the molecule is CC(C)(O)CNC(=O)C[C@H]1CCc2cc(C(O)(C(F)(F)F)C(F)(F)F)ccc2N1S(=O)(=O)c1ccc(F)cc1. The molecule has 0 unspecified atom stereocenters. The molecule has 0 aromatic heterocycles. The topological polar surface area (TPSA) is 107 Å². The minimum atomic E-state index is -6.14. The fourth-order valence-corrected chi connectivity index (χ4v) is 5.90. The van der Waals surface area contributed by atoms with Crippen molar-refractivity contribution in [3.05, 3.63) is 59.4 Å². The first kappa shape index (κ1) is 30.6. The van der Waals surface area contributed by atoms with Crippen LogP contribution in [0, 0.1) is 5.82 Å². The highest BCUT2D eigenvalue weighted by atomic mass is 32.2. The van der Waals surface area contributed by atoms with Gasteiger partial charge < -0.3 is 15.5 Å². The van der Waals surface area contributed by atoms with Gasteiger partial charge in [-0.15, -0.1) is 0 Å². The summed E-state index contributed by atoms with van der Waals surface area (Å²) >= 11 is 0. The van der Waals surface area contributed by atoms with E-state index in [0.29, 0.717) is 22.5 Å². The molecule has 1 amide bonds. The first-order valence-corrected chi connectivity index (χ1v) is 12.9. The van der Waals surface area contributed by atoms with Crippen LogP contribution in [0.4, 0.5) is 36.4 Å². The molecule has 0 bridgehead atoms. The number of nitrogens with zero attached hydrogens (tertiary/aromatic N) is 1. The van der Waals surface area contributed by atoms with Gasteiger partial charge in [0.05, 0.1) is 22.2 Å². The largest absolute Gasteiger partial charge is 0.430 e. The number of amides is 1. The summed E-state index contributed by atoms with van der Waals surface area (Å²) in [5.41, 5.74) is -8.62. The molecule has 0 radical (unpaired) electrons. The molecule has 0 fully saturated rings. The van der Waals surface area contributed by atoms with Crippen molar-refractivity contribution >= 4 is 21.6 Å². The second kappa shape index (κ2) is 10.2. The fraction of sp³-hybridized carbons (Fsp3) is 0.458. The number of halogens is 7. The van der Waals surface area contributed by atoms with Crippen molar-refractivity contribution in [3.8, 4) is 0 Å². The Morgan fingerprint density at radius 1 is 1.00 bits per heavy atom. The molecule has 2 aromatic carbocycles. The Balaban J connectivity index is 2.12. The molecule has 216 valence electrons. The van der Waals surface area contributed by atoms with Gasteiger partial charge >= 0.3 is 12.4 Å². The van der Waals surface area contributed by atoms with Gasteiger partial charge in [0, 0.05) is 18.5 Å².